The van der Waals surface area contributed by atoms with Gasteiger partial charge in [-0.1, -0.05) is 49.4 Å². The first kappa shape index (κ1) is 15.7. The van der Waals surface area contributed by atoms with Crippen LogP contribution in [-0.2, 0) is 5.54 Å². The molecule has 0 saturated carbocycles. The highest BCUT2D eigenvalue weighted by Crippen LogP contribution is 2.29. The quantitative estimate of drug-likeness (QED) is 0.725. The summed E-state index contributed by atoms with van der Waals surface area (Å²) in [5.41, 5.74) is 7.54. The van der Waals surface area contributed by atoms with Crippen molar-refractivity contribution in [3.63, 3.8) is 0 Å². The molecular weight excluding hydrogens is 232 g/mol. The van der Waals surface area contributed by atoms with Crippen LogP contribution in [0.5, 0.6) is 0 Å². The molecule has 0 aliphatic heterocycles. The minimum Gasteiger partial charge on any atom is -0.320 e. The van der Waals surface area contributed by atoms with Crippen molar-refractivity contribution >= 4 is 0 Å². The molecule has 1 aromatic carbocycles. The second kappa shape index (κ2) is 7.27. The van der Waals surface area contributed by atoms with Crippen molar-refractivity contribution in [2.75, 3.05) is 13.1 Å². The zero-order valence-corrected chi connectivity index (χ0v) is 12.2. The topological polar surface area (TPSA) is 29.3 Å². The van der Waals surface area contributed by atoms with Gasteiger partial charge < -0.3 is 5.73 Å². The Balaban J connectivity index is 3.05. The van der Waals surface area contributed by atoms with Crippen molar-refractivity contribution in [2.24, 2.45) is 5.73 Å². The fourth-order valence-corrected chi connectivity index (χ4v) is 2.54. The average molecular weight is 258 g/mol. The summed E-state index contributed by atoms with van der Waals surface area (Å²) < 4.78 is 0. The summed E-state index contributed by atoms with van der Waals surface area (Å²) in [6.07, 6.45) is 4.73. The highest BCUT2D eigenvalue weighted by molar-refractivity contribution is 5.26. The van der Waals surface area contributed by atoms with Gasteiger partial charge >= 0.3 is 0 Å². The maximum absolute atomic E-state index is 6.71. The lowest BCUT2D eigenvalue weighted by Gasteiger charge is -2.41. The second-order valence-electron chi connectivity index (χ2n) is 4.97. The number of rotatable bonds is 8. The molecule has 2 unspecified atom stereocenters. The van der Waals surface area contributed by atoms with Crippen LogP contribution in [0.15, 0.2) is 55.6 Å². The number of benzene rings is 1. The third kappa shape index (κ3) is 3.55. The molecule has 0 saturated heterocycles. The molecule has 19 heavy (non-hydrogen) atoms. The van der Waals surface area contributed by atoms with Crippen molar-refractivity contribution < 1.29 is 0 Å². The molecule has 0 aliphatic carbocycles. The maximum atomic E-state index is 6.71. The van der Waals surface area contributed by atoms with Gasteiger partial charge in [-0.05, 0) is 18.9 Å². The molecule has 104 valence electrons. The standard InChI is InChI=1S/C17H26N2/c1-5-13-19(14-6-2)15(4)17(18,7-3)16-11-9-8-10-12-16/h5-6,8-12,15H,1-2,7,13-14,18H2,3-4H3. The Bertz CT molecular complexity index is 389. The zero-order valence-electron chi connectivity index (χ0n) is 12.2. The van der Waals surface area contributed by atoms with Gasteiger partial charge in [-0.15, -0.1) is 13.2 Å². The van der Waals surface area contributed by atoms with Gasteiger partial charge in [0.2, 0.25) is 0 Å². The second-order valence-corrected chi connectivity index (χ2v) is 4.97. The van der Waals surface area contributed by atoms with Gasteiger partial charge in [-0.2, -0.15) is 0 Å². The van der Waals surface area contributed by atoms with Crippen LogP contribution in [0.1, 0.15) is 25.8 Å². The van der Waals surface area contributed by atoms with Gasteiger partial charge in [0.15, 0.2) is 0 Å². The largest absolute Gasteiger partial charge is 0.320 e. The molecule has 0 radical (unpaired) electrons. The summed E-state index contributed by atoms with van der Waals surface area (Å²) in [7, 11) is 0. The molecule has 1 aromatic rings. The lowest BCUT2D eigenvalue weighted by Crippen LogP contribution is -2.54. The first-order valence-corrected chi connectivity index (χ1v) is 6.90. The Morgan fingerprint density at radius 1 is 1.21 bits per heavy atom. The van der Waals surface area contributed by atoms with Gasteiger partial charge in [0.25, 0.3) is 0 Å². The van der Waals surface area contributed by atoms with Gasteiger partial charge in [0, 0.05) is 19.1 Å². The Morgan fingerprint density at radius 2 is 1.74 bits per heavy atom. The van der Waals surface area contributed by atoms with E-state index in [9.17, 15) is 0 Å². The third-order valence-corrected chi connectivity index (χ3v) is 3.92. The molecule has 0 bridgehead atoms. The van der Waals surface area contributed by atoms with E-state index in [4.69, 9.17) is 5.73 Å². The van der Waals surface area contributed by atoms with E-state index < -0.39 is 0 Å². The number of hydrogen-bond acceptors (Lipinski definition) is 2. The molecule has 0 amide bonds. The fraction of sp³-hybridized carbons (Fsp3) is 0.412. The minimum absolute atomic E-state index is 0.218. The van der Waals surface area contributed by atoms with E-state index in [1.54, 1.807) is 0 Å². The highest BCUT2D eigenvalue weighted by atomic mass is 15.2. The summed E-state index contributed by atoms with van der Waals surface area (Å²) in [6, 6.07) is 10.6. The summed E-state index contributed by atoms with van der Waals surface area (Å²) in [5, 5.41) is 0. The first-order chi connectivity index (χ1) is 9.10. The molecule has 0 fully saturated rings. The van der Waals surface area contributed by atoms with Crippen LogP contribution in [0, 0.1) is 0 Å². The molecule has 1 rings (SSSR count). The molecule has 2 N–H and O–H groups in total. The molecule has 2 atom stereocenters. The lowest BCUT2D eigenvalue weighted by atomic mass is 9.81. The van der Waals surface area contributed by atoms with E-state index in [0.717, 1.165) is 19.5 Å². The van der Waals surface area contributed by atoms with E-state index in [1.165, 1.54) is 5.56 Å². The summed E-state index contributed by atoms with van der Waals surface area (Å²) in [6.45, 7) is 13.6. The van der Waals surface area contributed by atoms with E-state index in [1.807, 2.05) is 30.4 Å². The summed E-state index contributed by atoms with van der Waals surface area (Å²) >= 11 is 0. The summed E-state index contributed by atoms with van der Waals surface area (Å²) in [5.74, 6) is 0. The Morgan fingerprint density at radius 3 is 2.16 bits per heavy atom. The molecule has 0 heterocycles. The Kier molecular flexibility index (Phi) is 6.00. The summed E-state index contributed by atoms with van der Waals surface area (Å²) in [4.78, 5) is 2.30. The van der Waals surface area contributed by atoms with Gasteiger partial charge in [-0.3, -0.25) is 4.90 Å². The molecule has 2 nitrogen and oxygen atoms in total. The van der Waals surface area contributed by atoms with Crippen molar-refractivity contribution in [2.45, 2.75) is 31.8 Å². The van der Waals surface area contributed by atoms with Crippen molar-refractivity contribution in [3.05, 3.63) is 61.2 Å². The number of hydrogen-bond donors (Lipinski definition) is 1. The zero-order chi connectivity index (χ0) is 14.3. The van der Waals surface area contributed by atoms with E-state index >= 15 is 0 Å². The lowest BCUT2D eigenvalue weighted by molar-refractivity contribution is 0.154. The monoisotopic (exact) mass is 258 g/mol. The Labute approximate surface area is 117 Å². The molecule has 0 aromatic heterocycles. The van der Waals surface area contributed by atoms with Crippen LogP contribution in [-0.4, -0.2) is 24.0 Å². The third-order valence-electron chi connectivity index (χ3n) is 3.92. The van der Waals surface area contributed by atoms with E-state index in [2.05, 4.69) is 44.0 Å². The van der Waals surface area contributed by atoms with E-state index in [-0.39, 0.29) is 11.6 Å². The van der Waals surface area contributed by atoms with Crippen molar-refractivity contribution in [3.8, 4) is 0 Å². The predicted molar refractivity (Wildman–Crippen MR) is 84.0 cm³/mol. The molecule has 2 heteroatoms. The van der Waals surface area contributed by atoms with Gasteiger partial charge in [-0.25, -0.2) is 0 Å². The molecular formula is C17H26N2. The van der Waals surface area contributed by atoms with Crippen LogP contribution in [0.25, 0.3) is 0 Å². The van der Waals surface area contributed by atoms with Crippen molar-refractivity contribution in [1.29, 1.82) is 0 Å². The van der Waals surface area contributed by atoms with E-state index in [0.29, 0.717) is 0 Å². The van der Waals surface area contributed by atoms with Crippen LogP contribution in [0.4, 0.5) is 0 Å². The number of nitrogens with zero attached hydrogens (tertiary/aromatic N) is 1. The van der Waals surface area contributed by atoms with Crippen LogP contribution >= 0.6 is 0 Å². The Hall–Kier alpha value is -1.38. The average Bonchev–Trinajstić information content (AvgIpc) is 2.46. The minimum atomic E-state index is -0.354. The smallest absolute Gasteiger partial charge is 0.0562 e. The molecule has 0 spiro atoms. The maximum Gasteiger partial charge on any atom is 0.0562 e. The number of nitrogens with two attached hydrogens (primary N) is 1. The fourth-order valence-electron chi connectivity index (χ4n) is 2.54. The first-order valence-electron chi connectivity index (χ1n) is 6.90. The SMILES string of the molecule is C=CCN(CC=C)C(C)C(N)(CC)c1ccccc1. The normalized spacial score (nSPS) is 15.8. The van der Waals surface area contributed by atoms with Crippen LogP contribution in [0.3, 0.4) is 0 Å². The van der Waals surface area contributed by atoms with Gasteiger partial charge in [0.1, 0.15) is 0 Å². The van der Waals surface area contributed by atoms with Crippen LogP contribution in [0.2, 0.25) is 0 Å². The van der Waals surface area contributed by atoms with Crippen molar-refractivity contribution in [1.82, 2.24) is 4.90 Å². The molecule has 0 aliphatic rings. The van der Waals surface area contributed by atoms with Crippen LogP contribution < -0.4 is 5.73 Å². The highest BCUT2D eigenvalue weighted by Gasteiger charge is 2.34. The predicted octanol–water partition coefficient (Wildman–Crippen LogP) is 3.31. The van der Waals surface area contributed by atoms with Gasteiger partial charge in [0.05, 0.1) is 5.54 Å².